The first-order chi connectivity index (χ1) is 12.5. The number of aliphatic hydroxyl groups excluding tert-OH is 5. The molecule has 2 heterocycles. The minimum atomic E-state index is -1.47. The SMILES string of the molecule is C[C@H](/C=C/[C@@]12O[C@]1(C)C[C@H](O)CC2(C)C)O[C@@H]1O[C@H](CO)[C@@H](O)[C@H](O)[C@H]1O. The monoisotopic (exact) mass is 388 g/mol. The van der Waals surface area contributed by atoms with Crippen molar-refractivity contribution in [3.63, 3.8) is 0 Å². The number of hydrogen-bond donors (Lipinski definition) is 5. The highest BCUT2D eigenvalue weighted by Gasteiger charge is 2.74. The van der Waals surface area contributed by atoms with Gasteiger partial charge in [-0.1, -0.05) is 26.0 Å². The molecule has 9 atom stereocenters. The summed E-state index contributed by atoms with van der Waals surface area (Å²) in [5.41, 5.74) is -1.17. The van der Waals surface area contributed by atoms with Crippen LogP contribution in [-0.2, 0) is 14.2 Å². The number of fused-ring (bicyclic) bond motifs is 1. The summed E-state index contributed by atoms with van der Waals surface area (Å²) in [4.78, 5) is 0. The van der Waals surface area contributed by atoms with Crippen LogP contribution in [-0.4, -0.2) is 86.3 Å². The molecule has 2 aliphatic heterocycles. The van der Waals surface area contributed by atoms with Crippen molar-refractivity contribution < 1.29 is 39.7 Å². The summed E-state index contributed by atoms with van der Waals surface area (Å²) in [7, 11) is 0. The number of hydrogen-bond acceptors (Lipinski definition) is 8. The van der Waals surface area contributed by atoms with Gasteiger partial charge in [0.25, 0.3) is 0 Å². The molecule has 1 saturated carbocycles. The first-order valence-corrected chi connectivity index (χ1v) is 9.50. The maximum atomic E-state index is 10.1. The summed E-state index contributed by atoms with van der Waals surface area (Å²) in [6.07, 6.45) is -2.39. The van der Waals surface area contributed by atoms with E-state index in [1.807, 2.05) is 19.1 Å². The third kappa shape index (κ3) is 3.47. The van der Waals surface area contributed by atoms with E-state index in [1.165, 1.54) is 0 Å². The fraction of sp³-hybridized carbons (Fsp3) is 0.895. The van der Waals surface area contributed by atoms with Gasteiger partial charge >= 0.3 is 0 Å². The number of rotatable bonds is 5. The summed E-state index contributed by atoms with van der Waals surface area (Å²) in [5, 5.41) is 49.1. The Labute approximate surface area is 159 Å². The van der Waals surface area contributed by atoms with Crippen molar-refractivity contribution in [3.05, 3.63) is 12.2 Å². The number of ether oxygens (including phenoxy) is 3. The van der Waals surface area contributed by atoms with E-state index in [1.54, 1.807) is 6.92 Å². The molecule has 0 spiro atoms. The molecule has 8 heteroatoms. The predicted octanol–water partition coefficient (Wildman–Crippen LogP) is -0.544. The number of epoxide rings is 1. The minimum absolute atomic E-state index is 0.251. The molecule has 5 N–H and O–H groups in total. The lowest BCUT2D eigenvalue weighted by Gasteiger charge is -2.40. The largest absolute Gasteiger partial charge is 0.394 e. The fourth-order valence-corrected chi connectivity index (χ4v) is 4.78. The van der Waals surface area contributed by atoms with Crippen LogP contribution in [0.1, 0.15) is 40.5 Å². The first-order valence-electron chi connectivity index (χ1n) is 9.50. The van der Waals surface area contributed by atoms with Crippen molar-refractivity contribution in [3.8, 4) is 0 Å². The normalized spacial score (nSPS) is 50.4. The molecule has 156 valence electrons. The topological polar surface area (TPSA) is 132 Å². The highest BCUT2D eigenvalue weighted by Crippen LogP contribution is 2.66. The van der Waals surface area contributed by atoms with Crippen LogP contribution in [0.5, 0.6) is 0 Å². The van der Waals surface area contributed by atoms with Crippen LogP contribution in [0.3, 0.4) is 0 Å². The van der Waals surface area contributed by atoms with Gasteiger partial charge in [0.05, 0.1) is 18.8 Å². The van der Waals surface area contributed by atoms with Gasteiger partial charge in [-0.25, -0.2) is 0 Å². The summed E-state index contributed by atoms with van der Waals surface area (Å²) < 4.78 is 17.1. The number of aliphatic hydroxyl groups is 5. The highest BCUT2D eigenvalue weighted by atomic mass is 16.7. The molecule has 0 unspecified atom stereocenters. The van der Waals surface area contributed by atoms with Gasteiger partial charge in [0, 0.05) is 11.8 Å². The van der Waals surface area contributed by atoms with Gasteiger partial charge in [-0.3, -0.25) is 0 Å². The van der Waals surface area contributed by atoms with Gasteiger partial charge in [0.1, 0.15) is 35.6 Å². The van der Waals surface area contributed by atoms with Crippen molar-refractivity contribution >= 4 is 0 Å². The average Bonchev–Trinajstić information content (AvgIpc) is 3.19. The molecule has 3 fully saturated rings. The van der Waals surface area contributed by atoms with Crippen LogP contribution in [0.4, 0.5) is 0 Å². The summed E-state index contributed by atoms with van der Waals surface area (Å²) >= 11 is 0. The Morgan fingerprint density at radius 1 is 1.07 bits per heavy atom. The molecule has 0 bridgehead atoms. The Morgan fingerprint density at radius 2 is 1.74 bits per heavy atom. The van der Waals surface area contributed by atoms with Crippen molar-refractivity contribution in [2.75, 3.05) is 6.61 Å². The second kappa shape index (κ2) is 7.03. The highest BCUT2D eigenvalue weighted by molar-refractivity contribution is 5.32. The second-order valence-corrected chi connectivity index (χ2v) is 8.91. The molecule has 8 nitrogen and oxygen atoms in total. The zero-order valence-corrected chi connectivity index (χ0v) is 16.3. The maximum Gasteiger partial charge on any atom is 0.187 e. The molecule has 0 radical (unpaired) electrons. The van der Waals surface area contributed by atoms with E-state index in [0.717, 1.165) is 0 Å². The quantitative estimate of drug-likeness (QED) is 0.313. The fourth-order valence-electron chi connectivity index (χ4n) is 4.78. The Hall–Kier alpha value is -0.580. The Morgan fingerprint density at radius 3 is 2.33 bits per heavy atom. The molecule has 0 aromatic carbocycles. The lowest BCUT2D eigenvalue weighted by Crippen LogP contribution is -2.59. The molecular weight excluding hydrogens is 356 g/mol. The van der Waals surface area contributed by atoms with E-state index >= 15 is 0 Å². The van der Waals surface area contributed by atoms with Crippen molar-refractivity contribution in [2.24, 2.45) is 5.41 Å². The molecule has 27 heavy (non-hydrogen) atoms. The average molecular weight is 388 g/mol. The smallest absolute Gasteiger partial charge is 0.187 e. The van der Waals surface area contributed by atoms with Gasteiger partial charge in [-0.15, -0.1) is 0 Å². The predicted molar refractivity (Wildman–Crippen MR) is 94.7 cm³/mol. The Bertz CT molecular complexity index is 578. The second-order valence-electron chi connectivity index (χ2n) is 8.91. The van der Waals surface area contributed by atoms with Gasteiger partial charge in [0.15, 0.2) is 6.29 Å². The summed E-state index contributed by atoms with van der Waals surface area (Å²) in [5.74, 6) is 0. The van der Waals surface area contributed by atoms with Crippen LogP contribution in [0.25, 0.3) is 0 Å². The third-order valence-electron chi connectivity index (χ3n) is 6.31. The molecule has 2 saturated heterocycles. The lowest BCUT2D eigenvalue weighted by molar-refractivity contribution is -0.306. The Kier molecular flexibility index (Phi) is 5.51. The van der Waals surface area contributed by atoms with Gasteiger partial charge in [0.2, 0.25) is 0 Å². The van der Waals surface area contributed by atoms with Crippen LogP contribution in [0.2, 0.25) is 0 Å². The van der Waals surface area contributed by atoms with E-state index in [-0.39, 0.29) is 5.41 Å². The Balaban J connectivity index is 1.67. The van der Waals surface area contributed by atoms with Crippen molar-refractivity contribution in [2.45, 2.75) is 94.7 Å². The molecule has 0 aromatic rings. The minimum Gasteiger partial charge on any atom is -0.394 e. The zero-order chi connectivity index (χ0) is 20.2. The van der Waals surface area contributed by atoms with E-state index < -0.39 is 60.7 Å². The van der Waals surface area contributed by atoms with Gasteiger partial charge < -0.3 is 39.7 Å². The molecular formula is C19H32O8. The lowest BCUT2D eigenvalue weighted by atomic mass is 9.63. The molecule has 3 aliphatic rings. The van der Waals surface area contributed by atoms with Crippen LogP contribution < -0.4 is 0 Å². The standard InChI is InChI=1S/C19H32O8/c1-10(25-16-15(24)14(23)13(22)12(9-20)26-16)5-6-19-17(2,3)7-11(21)8-18(19,4)27-19/h5-6,10-16,20-24H,7-9H2,1-4H3/b6-5+/t10-,11-,12-,13-,14+,15-,16-,18-,19+/m1/s1. The third-order valence-corrected chi connectivity index (χ3v) is 6.31. The van der Waals surface area contributed by atoms with Gasteiger partial charge in [-0.05, 0) is 20.3 Å². The molecule has 0 aromatic heterocycles. The van der Waals surface area contributed by atoms with Crippen molar-refractivity contribution in [1.82, 2.24) is 0 Å². The van der Waals surface area contributed by atoms with Crippen LogP contribution in [0, 0.1) is 5.41 Å². The van der Waals surface area contributed by atoms with E-state index in [0.29, 0.717) is 12.8 Å². The summed E-state index contributed by atoms with van der Waals surface area (Å²) in [6, 6.07) is 0. The van der Waals surface area contributed by atoms with E-state index in [9.17, 15) is 25.5 Å². The van der Waals surface area contributed by atoms with E-state index in [2.05, 4.69) is 13.8 Å². The maximum absolute atomic E-state index is 10.1. The summed E-state index contributed by atoms with van der Waals surface area (Å²) in [6.45, 7) is 7.38. The van der Waals surface area contributed by atoms with Crippen molar-refractivity contribution in [1.29, 1.82) is 0 Å². The molecule has 0 amide bonds. The molecule has 3 rings (SSSR count). The van der Waals surface area contributed by atoms with Crippen LogP contribution in [0.15, 0.2) is 12.2 Å². The molecule has 1 aliphatic carbocycles. The first kappa shape index (κ1) is 21.1. The zero-order valence-electron chi connectivity index (χ0n) is 16.3. The van der Waals surface area contributed by atoms with E-state index in [4.69, 9.17) is 14.2 Å². The van der Waals surface area contributed by atoms with Gasteiger partial charge in [-0.2, -0.15) is 0 Å². The van der Waals surface area contributed by atoms with Crippen LogP contribution >= 0.6 is 0 Å².